The van der Waals surface area contributed by atoms with Crippen LogP contribution in [0.25, 0.3) is 5.69 Å². The van der Waals surface area contributed by atoms with Gasteiger partial charge in [-0.2, -0.15) is 5.10 Å². The van der Waals surface area contributed by atoms with Crippen molar-refractivity contribution in [2.45, 2.75) is 26.7 Å². The maximum Gasteiger partial charge on any atom is 0.254 e. The van der Waals surface area contributed by atoms with Crippen molar-refractivity contribution in [3.05, 3.63) is 46.7 Å². The molecule has 0 saturated heterocycles. The second-order valence-electron chi connectivity index (χ2n) is 5.73. The fraction of sp³-hybridized carbons (Fsp3) is 0.389. The minimum atomic E-state index is -0.137. The van der Waals surface area contributed by atoms with Crippen molar-refractivity contribution in [1.82, 2.24) is 20.0 Å². The second kappa shape index (κ2) is 9.36. The highest BCUT2D eigenvalue weighted by molar-refractivity contribution is 9.10. The average Bonchev–Trinajstić information content (AvgIpc) is 3.05. The van der Waals surface area contributed by atoms with Crippen molar-refractivity contribution in [3.8, 4) is 5.69 Å². The molecular formula is C18H23BrN4O2. The molecular weight excluding hydrogens is 384 g/mol. The first kappa shape index (κ1) is 19.2. The molecule has 0 aliphatic rings. The normalized spacial score (nSPS) is 10.5. The van der Waals surface area contributed by atoms with E-state index >= 15 is 0 Å². The fourth-order valence-corrected chi connectivity index (χ4v) is 2.68. The highest BCUT2D eigenvalue weighted by atomic mass is 79.9. The van der Waals surface area contributed by atoms with Crippen molar-refractivity contribution in [2.75, 3.05) is 19.6 Å². The van der Waals surface area contributed by atoms with Gasteiger partial charge >= 0.3 is 0 Å². The van der Waals surface area contributed by atoms with Crippen molar-refractivity contribution in [3.63, 3.8) is 0 Å². The summed E-state index contributed by atoms with van der Waals surface area (Å²) in [5, 5.41) is 7.03. The van der Waals surface area contributed by atoms with Crippen molar-refractivity contribution < 1.29 is 9.59 Å². The Morgan fingerprint density at radius 1 is 1.20 bits per heavy atom. The van der Waals surface area contributed by atoms with Crippen LogP contribution >= 0.6 is 15.9 Å². The van der Waals surface area contributed by atoms with E-state index in [1.807, 2.05) is 32.2 Å². The topological polar surface area (TPSA) is 67.2 Å². The molecule has 0 saturated carbocycles. The van der Waals surface area contributed by atoms with Gasteiger partial charge in [0.1, 0.15) is 0 Å². The monoisotopic (exact) mass is 406 g/mol. The van der Waals surface area contributed by atoms with Crippen LogP contribution < -0.4 is 5.32 Å². The smallest absolute Gasteiger partial charge is 0.254 e. The zero-order valence-electron chi connectivity index (χ0n) is 14.5. The summed E-state index contributed by atoms with van der Waals surface area (Å²) in [4.78, 5) is 26.2. The van der Waals surface area contributed by atoms with Gasteiger partial charge < -0.3 is 10.2 Å². The highest BCUT2D eigenvalue weighted by Gasteiger charge is 2.18. The van der Waals surface area contributed by atoms with E-state index in [1.165, 1.54) is 0 Å². The van der Waals surface area contributed by atoms with Gasteiger partial charge in [-0.05, 0) is 53.0 Å². The molecule has 1 N–H and O–H groups in total. The first-order chi connectivity index (χ1) is 12.0. The fourth-order valence-electron chi connectivity index (χ4n) is 2.40. The van der Waals surface area contributed by atoms with Crippen molar-refractivity contribution in [2.24, 2.45) is 0 Å². The van der Waals surface area contributed by atoms with E-state index in [-0.39, 0.29) is 18.4 Å². The standard InChI is InChI=1S/C18H23BrN4O2/c1-3-9-20-17(24)13-22(10-4-2)18(25)14-5-7-16(8-6-14)23-12-15(19)11-21-23/h5-8,11-12H,3-4,9-10,13H2,1-2H3,(H,20,24). The Morgan fingerprint density at radius 3 is 2.48 bits per heavy atom. The third-order valence-corrected chi connectivity index (χ3v) is 4.03. The maximum atomic E-state index is 12.7. The van der Waals surface area contributed by atoms with Crippen molar-refractivity contribution >= 4 is 27.7 Å². The summed E-state index contributed by atoms with van der Waals surface area (Å²) in [5.41, 5.74) is 1.43. The molecule has 0 spiro atoms. The maximum absolute atomic E-state index is 12.7. The van der Waals surface area contributed by atoms with E-state index in [0.29, 0.717) is 18.7 Å². The second-order valence-corrected chi connectivity index (χ2v) is 6.64. The first-order valence-corrected chi connectivity index (χ1v) is 9.21. The number of hydrogen-bond acceptors (Lipinski definition) is 3. The predicted octanol–water partition coefficient (Wildman–Crippen LogP) is 3.01. The van der Waals surface area contributed by atoms with Crippen LogP contribution in [0.2, 0.25) is 0 Å². The number of hydrogen-bond donors (Lipinski definition) is 1. The van der Waals surface area contributed by atoms with Crippen LogP contribution in [0.1, 0.15) is 37.0 Å². The molecule has 1 aromatic heterocycles. The van der Waals surface area contributed by atoms with Gasteiger partial charge in [0, 0.05) is 24.8 Å². The molecule has 2 amide bonds. The number of rotatable bonds is 8. The molecule has 134 valence electrons. The van der Waals surface area contributed by atoms with Gasteiger partial charge in [0.25, 0.3) is 5.91 Å². The lowest BCUT2D eigenvalue weighted by atomic mass is 10.1. The summed E-state index contributed by atoms with van der Waals surface area (Å²) in [7, 11) is 0. The van der Waals surface area contributed by atoms with Crippen LogP contribution in [0.15, 0.2) is 41.1 Å². The Kier molecular flexibility index (Phi) is 7.18. The van der Waals surface area contributed by atoms with Crippen LogP contribution in [0.4, 0.5) is 0 Å². The number of benzene rings is 1. The lowest BCUT2D eigenvalue weighted by Gasteiger charge is -2.21. The Bertz CT molecular complexity index is 712. The van der Waals surface area contributed by atoms with Gasteiger partial charge in [-0.25, -0.2) is 4.68 Å². The molecule has 1 aromatic carbocycles. The minimum Gasteiger partial charge on any atom is -0.355 e. The van der Waals surface area contributed by atoms with Gasteiger partial charge in [-0.3, -0.25) is 9.59 Å². The summed E-state index contributed by atoms with van der Waals surface area (Å²) in [6.07, 6.45) is 5.22. The molecule has 0 fully saturated rings. The van der Waals surface area contributed by atoms with Gasteiger partial charge in [-0.15, -0.1) is 0 Å². The lowest BCUT2D eigenvalue weighted by molar-refractivity contribution is -0.121. The molecule has 2 aromatic rings. The van der Waals surface area contributed by atoms with Crippen LogP contribution in [0, 0.1) is 0 Å². The summed E-state index contributed by atoms with van der Waals surface area (Å²) in [6, 6.07) is 7.21. The zero-order chi connectivity index (χ0) is 18.2. The zero-order valence-corrected chi connectivity index (χ0v) is 16.1. The van der Waals surface area contributed by atoms with E-state index in [4.69, 9.17) is 0 Å². The number of nitrogens with zero attached hydrogens (tertiary/aromatic N) is 3. The Balaban J connectivity index is 2.08. The number of halogens is 1. The highest BCUT2D eigenvalue weighted by Crippen LogP contribution is 2.14. The molecule has 0 radical (unpaired) electrons. The number of amides is 2. The van der Waals surface area contributed by atoms with Crippen LogP contribution in [0.5, 0.6) is 0 Å². The minimum absolute atomic E-state index is 0.0839. The van der Waals surface area contributed by atoms with E-state index < -0.39 is 0 Å². The average molecular weight is 407 g/mol. The Labute approximate surface area is 156 Å². The van der Waals surface area contributed by atoms with E-state index in [0.717, 1.165) is 23.0 Å². The summed E-state index contributed by atoms with van der Waals surface area (Å²) >= 11 is 3.36. The van der Waals surface area contributed by atoms with Gasteiger partial charge in [0.15, 0.2) is 0 Å². The number of nitrogens with one attached hydrogen (secondary N) is 1. The Morgan fingerprint density at radius 2 is 1.92 bits per heavy atom. The summed E-state index contributed by atoms with van der Waals surface area (Å²) < 4.78 is 2.61. The number of aromatic nitrogens is 2. The van der Waals surface area contributed by atoms with Gasteiger partial charge in [-0.1, -0.05) is 13.8 Å². The largest absolute Gasteiger partial charge is 0.355 e. The van der Waals surface area contributed by atoms with Crippen LogP contribution in [0.3, 0.4) is 0 Å². The van der Waals surface area contributed by atoms with Crippen LogP contribution in [-0.4, -0.2) is 46.1 Å². The molecule has 0 atom stereocenters. The molecule has 0 bridgehead atoms. The molecule has 7 heteroatoms. The molecule has 1 heterocycles. The molecule has 0 aliphatic heterocycles. The Hall–Kier alpha value is -2.15. The van der Waals surface area contributed by atoms with E-state index in [9.17, 15) is 9.59 Å². The predicted molar refractivity (Wildman–Crippen MR) is 101 cm³/mol. The van der Waals surface area contributed by atoms with E-state index in [1.54, 1.807) is 27.9 Å². The van der Waals surface area contributed by atoms with E-state index in [2.05, 4.69) is 26.3 Å². The first-order valence-electron chi connectivity index (χ1n) is 8.41. The van der Waals surface area contributed by atoms with Crippen LogP contribution in [-0.2, 0) is 4.79 Å². The van der Waals surface area contributed by atoms with Crippen molar-refractivity contribution in [1.29, 1.82) is 0 Å². The molecule has 2 rings (SSSR count). The third-order valence-electron chi connectivity index (χ3n) is 3.62. The summed E-state index contributed by atoms with van der Waals surface area (Å²) in [5.74, 6) is -0.261. The number of carbonyl (C=O) groups is 2. The SMILES string of the molecule is CCCNC(=O)CN(CCC)C(=O)c1ccc(-n2cc(Br)cn2)cc1. The molecule has 25 heavy (non-hydrogen) atoms. The van der Waals surface area contributed by atoms with Gasteiger partial charge in [0.2, 0.25) is 5.91 Å². The molecule has 6 nitrogen and oxygen atoms in total. The lowest BCUT2D eigenvalue weighted by Crippen LogP contribution is -2.41. The van der Waals surface area contributed by atoms with Gasteiger partial charge in [0.05, 0.1) is 22.9 Å². The third kappa shape index (κ3) is 5.42. The number of carbonyl (C=O) groups excluding carboxylic acids is 2. The summed E-state index contributed by atoms with van der Waals surface area (Å²) in [6.45, 7) is 5.24. The molecule has 0 aliphatic carbocycles. The quantitative estimate of drug-likeness (QED) is 0.732. The molecule has 0 unspecified atom stereocenters.